The molecule has 3 atom stereocenters. The summed E-state index contributed by atoms with van der Waals surface area (Å²) in [4.78, 5) is 11.8. The Labute approximate surface area is 136 Å². The maximum Gasteiger partial charge on any atom is 0.129 e. The fourth-order valence-corrected chi connectivity index (χ4v) is 5.64. The second kappa shape index (κ2) is 7.84. The number of hydrogen-bond donors (Lipinski definition) is 0. The summed E-state index contributed by atoms with van der Waals surface area (Å²) in [5.41, 5.74) is 0. The van der Waals surface area contributed by atoms with E-state index in [-0.39, 0.29) is 0 Å². The minimum atomic E-state index is 0.731. The van der Waals surface area contributed by atoms with Crippen LogP contribution in [0.3, 0.4) is 0 Å². The lowest BCUT2D eigenvalue weighted by Gasteiger charge is -2.21. The van der Waals surface area contributed by atoms with Gasteiger partial charge >= 0.3 is 0 Å². The summed E-state index contributed by atoms with van der Waals surface area (Å²) >= 11 is 3.87. The minimum absolute atomic E-state index is 0.731. The molecular weight excluding hydrogens is 298 g/mol. The first-order valence-corrected chi connectivity index (χ1v) is 10.1. The van der Waals surface area contributed by atoms with Crippen LogP contribution in [-0.2, 0) is 0 Å². The molecular formula is C16H25N3S2. The van der Waals surface area contributed by atoms with Crippen LogP contribution in [0, 0.1) is 5.92 Å². The average Bonchev–Trinajstić information content (AvgIpc) is 3.11. The second-order valence-corrected chi connectivity index (χ2v) is 8.35. The first kappa shape index (κ1) is 15.6. The van der Waals surface area contributed by atoms with Gasteiger partial charge < -0.3 is 4.90 Å². The van der Waals surface area contributed by atoms with Gasteiger partial charge in [0.2, 0.25) is 0 Å². The van der Waals surface area contributed by atoms with Crippen LogP contribution in [0.5, 0.6) is 0 Å². The number of aromatic nitrogens is 2. The molecule has 2 saturated heterocycles. The van der Waals surface area contributed by atoms with E-state index in [1.807, 2.05) is 35.9 Å². The van der Waals surface area contributed by atoms with Crippen molar-refractivity contribution < 1.29 is 0 Å². The maximum atomic E-state index is 4.60. The van der Waals surface area contributed by atoms with Gasteiger partial charge in [-0.3, -0.25) is 0 Å². The normalized spacial score (nSPS) is 27.4. The summed E-state index contributed by atoms with van der Waals surface area (Å²) in [5.74, 6) is 2.05. The van der Waals surface area contributed by atoms with Gasteiger partial charge in [-0.15, -0.1) is 11.8 Å². The van der Waals surface area contributed by atoms with Crippen LogP contribution in [0.25, 0.3) is 0 Å². The van der Waals surface area contributed by atoms with Crippen LogP contribution < -0.4 is 0 Å². The van der Waals surface area contributed by atoms with Gasteiger partial charge in [0.05, 0.1) is 0 Å². The van der Waals surface area contributed by atoms with Gasteiger partial charge in [-0.05, 0) is 31.1 Å². The van der Waals surface area contributed by atoms with Crippen molar-refractivity contribution in [3.8, 4) is 0 Å². The maximum absolute atomic E-state index is 4.60. The van der Waals surface area contributed by atoms with Crippen molar-refractivity contribution in [2.24, 2.45) is 5.92 Å². The molecule has 2 aliphatic heterocycles. The number of rotatable bonds is 8. The summed E-state index contributed by atoms with van der Waals surface area (Å²) in [6.07, 6.45) is 10.3. The molecule has 0 N–H and O–H groups in total. The Bertz CT molecular complexity index is 455. The monoisotopic (exact) mass is 323 g/mol. The number of nitrogens with zero attached hydrogens (tertiary/aromatic N) is 3. The molecule has 0 spiro atoms. The predicted octanol–water partition coefficient (Wildman–Crippen LogP) is 3.95. The summed E-state index contributed by atoms with van der Waals surface area (Å²) in [7, 11) is 0. The summed E-state index contributed by atoms with van der Waals surface area (Å²) in [6, 6.07) is 0. The molecule has 3 rings (SSSR count). The van der Waals surface area contributed by atoms with Crippen molar-refractivity contribution in [3.05, 3.63) is 12.4 Å². The van der Waals surface area contributed by atoms with E-state index in [0.29, 0.717) is 0 Å². The number of piperidine rings is 1. The highest BCUT2D eigenvalue weighted by molar-refractivity contribution is 8.02. The zero-order valence-electron chi connectivity index (χ0n) is 12.8. The van der Waals surface area contributed by atoms with Crippen LogP contribution in [0.2, 0.25) is 0 Å². The quantitative estimate of drug-likeness (QED) is 0.534. The molecule has 1 aromatic rings. The van der Waals surface area contributed by atoms with Crippen molar-refractivity contribution in [2.75, 3.05) is 25.4 Å². The van der Waals surface area contributed by atoms with Gasteiger partial charge in [0.1, 0.15) is 10.1 Å². The molecule has 0 saturated carbocycles. The molecule has 0 aromatic carbocycles. The van der Waals surface area contributed by atoms with Gasteiger partial charge in [-0.25, -0.2) is 9.97 Å². The second-order valence-electron chi connectivity index (χ2n) is 6.04. The highest BCUT2D eigenvalue weighted by Gasteiger charge is 2.38. The van der Waals surface area contributed by atoms with Gasteiger partial charge in [-0.1, -0.05) is 37.9 Å². The van der Waals surface area contributed by atoms with Gasteiger partial charge in [0, 0.05) is 30.7 Å². The molecule has 1 unspecified atom stereocenters. The zero-order chi connectivity index (χ0) is 14.5. The Morgan fingerprint density at radius 1 is 1.14 bits per heavy atom. The number of hydrogen-bond acceptors (Lipinski definition) is 5. The Balaban J connectivity index is 1.52. The molecule has 116 valence electrons. The first-order chi connectivity index (χ1) is 10.4. The lowest BCUT2D eigenvalue weighted by Crippen LogP contribution is -2.25. The van der Waals surface area contributed by atoms with Gasteiger partial charge in [-0.2, -0.15) is 0 Å². The molecule has 2 aliphatic rings. The largest absolute Gasteiger partial charge is 0.302 e. The van der Waals surface area contributed by atoms with Gasteiger partial charge in [0.15, 0.2) is 0 Å². The summed E-state index contributed by atoms with van der Waals surface area (Å²) in [5, 5.41) is 3.04. The number of thioether (sulfide) groups is 2. The van der Waals surface area contributed by atoms with E-state index >= 15 is 0 Å². The standard InChI is InChI=1S/C16H25N3S2/c1-2-3-4-5-10-20-15-16(18-8-7-17-15)21-14-12-19-9-6-13(14)11-19/h7-8,13-14H,2-6,9-12H2,1H3/t13-,14-/m0/s1. The van der Waals surface area contributed by atoms with Gasteiger partial charge in [0.25, 0.3) is 0 Å². The van der Waals surface area contributed by atoms with Crippen molar-refractivity contribution in [1.29, 1.82) is 0 Å². The smallest absolute Gasteiger partial charge is 0.129 e. The lowest BCUT2D eigenvalue weighted by molar-refractivity contribution is 0.372. The molecule has 1 aromatic heterocycles. The van der Waals surface area contributed by atoms with Crippen molar-refractivity contribution in [1.82, 2.24) is 14.9 Å². The van der Waals surface area contributed by atoms with Crippen molar-refractivity contribution >= 4 is 23.5 Å². The third kappa shape index (κ3) is 4.14. The lowest BCUT2D eigenvalue weighted by atomic mass is 10.1. The fraction of sp³-hybridized carbons (Fsp3) is 0.750. The van der Waals surface area contributed by atoms with E-state index < -0.39 is 0 Å². The highest BCUT2D eigenvalue weighted by Crippen LogP contribution is 2.40. The van der Waals surface area contributed by atoms with Crippen LogP contribution in [-0.4, -0.2) is 45.5 Å². The Morgan fingerprint density at radius 3 is 2.71 bits per heavy atom. The van der Waals surface area contributed by atoms with E-state index in [1.165, 1.54) is 57.5 Å². The molecule has 0 amide bonds. The van der Waals surface area contributed by atoms with Crippen LogP contribution in [0.15, 0.2) is 22.4 Å². The molecule has 0 radical (unpaired) electrons. The topological polar surface area (TPSA) is 29.0 Å². The van der Waals surface area contributed by atoms with Crippen LogP contribution >= 0.6 is 23.5 Å². The third-order valence-corrected chi connectivity index (χ3v) is 6.96. The molecule has 0 aliphatic carbocycles. The van der Waals surface area contributed by atoms with E-state index in [4.69, 9.17) is 0 Å². The zero-order valence-corrected chi connectivity index (χ0v) is 14.5. The molecule has 2 bridgehead atoms. The molecule has 2 fully saturated rings. The summed E-state index contributed by atoms with van der Waals surface area (Å²) in [6.45, 7) is 6.11. The molecule has 21 heavy (non-hydrogen) atoms. The van der Waals surface area contributed by atoms with E-state index in [2.05, 4.69) is 21.8 Å². The van der Waals surface area contributed by atoms with Crippen molar-refractivity contribution in [2.45, 2.75) is 54.3 Å². The Kier molecular flexibility index (Phi) is 5.83. The SMILES string of the molecule is CCCCCCSc1nccnc1S[C@H]1CN2CC[C@H]1C2. The minimum Gasteiger partial charge on any atom is -0.302 e. The Morgan fingerprint density at radius 2 is 2.00 bits per heavy atom. The third-order valence-electron chi connectivity index (χ3n) is 4.41. The van der Waals surface area contributed by atoms with E-state index in [1.54, 1.807) is 0 Å². The predicted molar refractivity (Wildman–Crippen MR) is 91.1 cm³/mol. The molecule has 5 heteroatoms. The first-order valence-electron chi connectivity index (χ1n) is 8.19. The fourth-order valence-electron chi connectivity index (χ4n) is 3.20. The number of fused-ring (bicyclic) bond motifs is 2. The van der Waals surface area contributed by atoms with Crippen LogP contribution in [0.4, 0.5) is 0 Å². The molecule has 3 nitrogen and oxygen atoms in total. The average molecular weight is 324 g/mol. The van der Waals surface area contributed by atoms with Crippen molar-refractivity contribution in [3.63, 3.8) is 0 Å². The van der Waals surface area contributed by atoms with Crippen LogP contribution in [0.1, 0.15) is 39.0 Å². The Hall–Kier alpha value is -0.260. The highest BCUT2D eigenvalue weighted by atomic mass is 32.2. The van der Waals surface area contributed by atoms with E-state index in [9.17, 15) is 0 Å². The molecule has 3 heterocycles. The van der Waals surface area contributed by atoms with E-state index in [0.717, 1.165) is 21.2 Å². The summed E-state index contributed by atoms with van der Waals surface area (Å²) < 4.78 is 0. The number of unbranched alkanes of at least 4 members (excludes halogenated alkanes) is 3.